The number of nitrogens with zero attached hydrogens (tertiary/aromatic N) is 1. The molecule has 0 amide bonds. The van der Waals surface area contributed by atoms with Gasteiger partial charge in [-0.1, -0.05) is 18.2 Å². The Labute approximate surface area is 124 Å². The average Bonchev–Trinajstić information content (AvgIpc) is 2.83. The molecule has 2 unspecified atom stereocenters. The monoisotopic (exact) mass is 305 g/mol. The molecule has 3 rings (SSSR count). The number of nitrogens with one attached hydrogen (secondary N) is 1. The van der Waals surface area contributed by atoms with E-state index in [9.17, 15) is 8.42 Å². The van der Waals surface area contributed by atoms with Crippen LogP contribution >= 0.6 is 0 Å². The molecule has 2 heterocycles. The Balaban J connectivity index is 1.89. The van der Waals surface area contributed by atoms with Crippen LogP contribution in [-0.2, 0) is 9.84 Å². The number of rotatable bonds is 4. The molecule has 0 saturated carbocycles. The Bertz CT molecular complexity index is 740. The minimum atomic E-state index is -2.85. The first-order valence-corrected chi connectivity index (χ1v) is 8.90. The van der Waals surface area contributed by atoms with Crippen molar-refractivity contribution in [2.24, 2.45) is 11.8 Å². The van der Waals surface area contributed by atoms with Crippen LogP contribution in [-0.4, -0.2) is 24.9 Å². The van der Waals surface area contributed by atoms with Gasteiger partial charge in [0, 0.05) is 23.8 Å². The molecule has 1 aliphatic heterocycles. The van der Waals surface area contributed by atoms with E-state index in [1.807, 2.05) is 30.5 Å². The molecule has 5 nitrogen and oxygen atoms in total. The van der Waals surface area contributed by atoms with Gasteiger partial charge in [-0.3, -0.25) is 16.3 Å². The lowest BCUT2D eigenvalue weighted by atomic mass is 9.92. The molecule has 112 valence electrons. The quantitative estimate of drug-likeness (QED) is 0.661. The lowest BCUT2D eigenvalue weighted by Gasteiger charge is -2.21. The van der Waals surface area contributed by atoms with Gasteiger partial charge in [-0.05, 0) is 35.8 Å². The highest BCUT2D eigenvalue weighted by atomic mass is 32.2. The van der Waals surface area contributed by atoms with Crippen molar-refractivity contribution in [2.45, 2.75) is 18.9 Å². The first-order valence-electron chi connectivity index (χ1n) is 7.08. The maximum atomic E-state index is 11.6. The van der Waals surface area contributed by atoms with E-state index >= 15 is 0 Å². The molecule has 0 aliphatic carbocycles. The molecule has 3 N–H and O–H groups in total. The fourth-order valence-corrected chi connectivity index (χ4v) is 5.01. The van der Waals surface area contributed by atoms with Crippen LogP contribution in [0.1, 0.15) is 24.4 Å². The molecule has 1 saturated heterocycles. The van der Waals surface area contributed by atoms with Gasteiger partial charge in [-0.2, -0.15) is 0 Å². The summed E-state index contributed by atoms with van der Waals surface area (Å²) in [7, 11) is -2.85. The topological polar surface area (TPSA) is 85.1 Å². The first kappa shape index (κ1) is 14.4. The van der Waals surface area contributed by atoms with Crippen LogP contribution in [0.4, 0.5) is 0 Å². The van der Waals surface area contributed by atoms with Crippen molar-refractivity contribution in [1.82, 2.24) is 10.4 Å². The van der Waals surface area contributed by atoms with Crippen molar-refractivity contribution in [3.8, 4) is 0 Å². The van der Waals surface area contributed by atoms with Crippen molar-refractivity contribution in [1.29, 1.82) is 0 Å². The highest BCUT2D eigenvalue weighted by Gasteiger charge is 2.30. The van der Waals surface area contributed by atoms with E-state index in [0.717, 1.165) is 29.2 Å². The normalized spacial score (nSPS) is 22.4. The number of hydrazine groups is 1. The van der Waals surface area contributed by atoms with E-state index in [2.05, 4.69) is 10.4 Å². The summed E-state index contributed by atoms with van der Waals surface area (Å²) in [4.78, 5) is 4.13. The van der Waals surface area contributed by atoms with Gasteiger partial charge >= 0.3 is 0 Å². The number of nitrogens with two attached hydrogens (primary N) is 1. The molecule has 21 heavy (non-hydrogen) atoms. The van der Waals surface area contributed by atoms with E-state index in [-0.39, 0.29) is 17.7 Å². The van der Waals surface area contributed by atoms with E-state index < -0.39 is 9.84 Å². The third-order valence-electron chi connectivity index (χ3n) is 4.19. The van der Waals surface area contributed by atoms with Gasteiger partial charge in [0.25, 0.3) is 0 Å². The number of benzene rings is 1. The second kappa shape index (κ2) is 5.71. The van der Waals surface area contributed by atoms with Crippen LogP contribution in [0.3, 0.4) is 0 Å². The Morgan fingerprint density at radius 2 is 2.24 bits per heavy atom. The summed E-state index contributed by atoms with van der Waals surface area (Å²) in [6.07, 6.45) is 5.05. The minimum absolute atomic E-state index is 0.0469. The van der Waals surface area contributed by atoms with Gasteiger partial charge < -0.3 is 0 Å². The molecule has 6 heteroatoms. The summed E-state index contributed by atoms with van der Waals surface area (Å²) in [6, 6.07) is 7.96. The van der Waals surface area contributed by atoms with Gasteiger partial charge in [0.2, 0.25) is 0 Å². The van der Waals surface area contributed by atoms with Crippen molar-refractivity contribution in [2.75, 3.05) is 11.5 Å². The highest BCUT2D eigenvalue weighted by Crippen LogP contribution is 2.31. The number of pyridine rings is 1. The SMILES string of the molecule is NNC(CC1CCS(=O)(=O)C1)c1cccc2cnccc12. The van der Waals surface area contributed by atoms with Crippen LogP contribution in [0.25, 0.3) is 10.8 Å². The molecule has 0 spiro atoms. The average molecular weight is 305 g/mol. The zero-order chi connectivity index (χ0) is 14.9. The van der Waals surface area contributed by atoms with Crippen LogP contribution in [0.15, 0.2) is 36.7 Å². The smallest absolute Gasteiger partial charge is 0.150 e. The summed E-state index contributed by atoms with van der Waals surface area (Å²) in [5.41, 5.74) is 3.95. The number of hydrogen-bond donors (Lipinski definition) is 2. The lowest BCUT2D eigenvalue weighted by Crippen LogP contribution is -2.30. The molecular weight excluding hydrogens is 286 g/mol. The van der Waals surface area contributed by atoms with Crippen LogP contribution < -0.4 is 11.3 Å². The van der Waals surface area contributed by atoms with Gasteiger partial charge in [0.1, 0.15) is 0 Å². The summed E-state index contributed by atoms with van der Waals surface area (Å²) in [5, 5.41) is 2.17. The molecule has 1 aromatic heterocycles. The fourth-order valence-electron chi connectivity index (χ4n) is 3.13. The molecule has 0 bridgehead atoms. The molecule has 1 aromatic carbocycles. The summed E-state index contributed by atoms with van der Waals surface area (Å²) in [6.45, 7) is 0. The van der Waals surface area contributed by atoms with E-state index in [1.165, 1.54) is 0 Å². The second-order valence-corrected chi connectivity index (χ2v) is 7.90. The Morgan fingerprint density at radius 1 is 1.38 bits per heavy atom. The predicted molar refractivity (Wildman–Crippen MR) is 83.2 cm³/mol. The fraction of sp³-hybridized carbons (Fsp3) is 0.400. The highest BCUT2D eigenvalue weighted by molar-refractivity contribution is 7.91. The van der Waals surface area contributed by atoms with Crippen molar-refractivity contribution < 1.29 is 8.42 Å². The van der Waals surface area contributed by atoms with Gasteiger partial charge in [-0.25, -0.2) is 8.42 Å². The Morgan fingerprint density at radius 3 is 2.95 bits per heavy atom. The number of aromatic nitrogens is 1. The van der Waals surface area contributed by atoms with Crippen LogP contribution in [0.2, 0.25) is 0 Å². The molecule has 1 aliphatic rings. The molecule has 0 radical (unpaired) electrons. The van der Waals surface area contributed by atoms with E-state index in [0.29, 0.717) is 5.75 Å². The third kappa shape index (κ3) is 3.07. The third-order valence-corrected chi connectivity index (χ3v) is 6.02. The predicted octanol–water partition coefficient (Wildman–Crippen LogP) is 1.56. The maximum absolute atomic E-state index is 11.6. The van der Waals surface area contributed by atoms with E-state index in [4.69, 9.17) is 5.84 Å². The van der Waals surface area contributed by atoms with Gasteiger partial charge in [0.15, 0.2) is 9.84 Å². The molecular formula is C15H19N3O2S. The zero-order valence-electron chi connectivity index (χ0n) is 11.7. The van der Waals surface area contributed by atoms with Crippen LogP contribution in [0.5, 0.6) is 0 Å². The second-order valence-electron chi connectivity index (χ2n) is 5.67. The number of fused-ring (bicyclic) bond motifs is 1. The lowest BCUT2D eigenvalue weighted by molar-refractivity contribution is 0.423. The molecule has 2 atom stereocenters. The maximum Gasteiger partial charge on any atom is 0.150 e. The summed E-state index contributed by atoms with van der Waals surface area (Å²) in [5.74, 6) is 6.48. The molecule has 2 aromatic rings. The van der Waals surface area contributed by atoms with Gasteiger partial charge in [0.05, 0.1) is 11.5 Å². The minimum Gasteiger partial charge on any atom is -0.271 e. The molecule has 1 fully saturated rings. The van der Waals surface area contributed by atoms with Crippen molar-refractivity contribution in [3.63, 3.8) is 0 Å². The number of hydrogen-bond acceptors (Lipinski definition) is 5. The summed E-state index contributed by atoms with van der Waals surface area (Å²) >= 11 is 0. The number of sulfone groups is 1. The Hall–Kier alpha value is -1.50. The van der Waals surface area contributed by atoms with Gasteiger partial charge in [-0.15, -0.1) is 0 Å². The first-order chi connectivity index (χ1) is 10.1. The summed E-state index contributed by atoms with van der Waals surface area (Å²) < 4.78 is 23.2. The zero-order valence-corrected chi connectivity index (χ0v) is 12.5. The van der Waals surface area contributed by atoms with Crippen molar-refractivity contribution >= 4 is 20.6 Å². The van der Waals surface area contributed by atoms with E-state index in [1.54, 1.807) is 6.20 Å². The van der Waals surface area contributed by atoms with Crippen molar-refractivity contribution in [3.05, 3.63) is 42.2 Å². The van der Waals surface area contributed by atoms with Crippen LogP contribution in [0, 0.1) is 5.92 Å². The Kier molecular flexibility index (Phi) is 3.93. The standard InChI is InChI=1S/C15H19N3O2S/c16-18-15(8-11-5-7-21(19,20)10-11)14-3-1-2-12-9-17-6-4-13(12)14/h1-4,6,9,11,15,18H,5,7-8,10,16H2. The largest absolute Gasteiger partial charge is 0.271 e.